The Balaban J connectivity index is 1.24. The molecule has 1 atom stereocenters. The number of carboxylic acid groups (broad SMARTS) is 1. The standard InChI is InChI=1S/C32H37FN2O3/c1-32(2,3)29-19-24(12-15-35(29)31(37)38)23-6-9-28-25(17-23)18-26(30(28)36)16-21-10-13-34(14-11-21)20-22-4-7-27(33)8-5-22/h4-9,12,16-17,21,29H,10-11,13-15,18-20H2,1-3H3,(H,37,38). The molecule has 1 saturated heterocycles. The fraction of sp³-hybridized carbons (Fsp3) is 0.438. The van der Waals surface area contributed by atoms with Crippen molar-refractivity contribution in [3.63, 3.8) is 0 Å². The Labute approximate surface area is 224 Å². The van der Waals surface area contributed by atoms with Crippen molar-refractivity contribution in [3.8, 4) is 0 Å². The third-order valence-electron chi connectivity index (χ3n) is 8.35. The maximum absolute atomic E-state index is 13.2. The number of carbonyl (C=O) groups is 2. The molecule has 2 aliphatic heterocycles. The number of nitrogens with zero attached hydrogens (tertiary/aromatic N) is 2. The maximum atomic E-state index is 13.2. The third kappa shape index (κ3) is 5.60. The van der Waals surface area contributed by atoms with Gasteiger partial charge < -0.3 is 10.0 Å². The first-order valence-corrected chi connectivity index (χ1v) is 13.6. The summed E-state index contributed by atoms with van der Waals surface area (Å²) in [6.45, 7) is 9.40. The summed E-state index contributed by atoms with van der Waals surface area (Å²) in [5, 5.41) is 9.68. The minimum Gasteiger partial charge on any atom is -0.465 e. The monoisotopic (exact) mass is 516 g/mol. The van der Waals surface area contributed by atoms with E-state index in [4.69, 9.17) is 0 Å². The molecule has 3 aliphatic rings. The number of allylic oxidation sites excluding steroid dienone is 2. The molecule has 1 aliphatic carbocycles. The fourth-order valence-corrected chi connectivity index (χ4v) is 6.12. The van der Waals surface area contributed by atoms with Gasteiger partial charge in [0, 0.05) is 36.7 Å². The van der Waals surface area contributed by atoms with Crippen LogP contribution < -0.4 is 0 Å². The van der Waals surface area contributed by atoms with E-state index < -0.39 is 6.09 Å². The summed E-state index contributed by atoms with van der Waals surface area (Å²) in [6, 6.07) is 12.7. The van der Waals surface area contributed by atoms with Crippen molar-refractivity contribution in [1.29, 1.82) is 0 Å². The number of likely N-dealkylation sites (tertiary alicyclic amines) is 1. The fourth-order valence-electron chi connectivity index (χ4n) is 6.12. The number of hydrogen-bond donors (Lipinski definition) is 1. The van der Waals surface area contributed by atoms with Crippen molar-refractivity contribution in [2.45, 2.75) is 59.0 Å². The van der Waals surface area contributed by atoms with Crippen LogP contribution >= 0.6 is 0 Å². The van der Waals surface area contributed by atoms with Crippen LogP contribution in [-0.4, -0.2) is 52.5 Å². The average Bonchev–Trinajstić information content (AvgIpc) is 3.20. The molecule has 38 heavy (non-hydrogen) atoms. The van der Waals surface area contributed by atoms with E-state index in [1.54, 1.807) is 0 Å². The Morgan fingerprint density at radius 1 is 1.11 bits per heavy atom. The molecule has 1 fully saturated rings. The molecule has 0 bridgehead atoms. The molecule has 1 amide bonds. The number of benzene rings is 2. The lowest BCUT2D eigenvalue weighted by Crippen LogP contribution is -2.48. The summed E-state index contributed by atoms with van der Waals surface area (Å²) < 4.78 is 13.2. The predicted molar refractivity (Wildman–Crippen MR) is 148 cm³/mol. The van der Waals surface area contributed by atoms with E-state index in [0.717, 1.165) is 65.9 Å². The van der Waals surface area contributed by atoms with E-state index in [9.17, 15) is 19.1 Å². The van der Waals surface area contributed by atoms with Gasteiger partial charge in [-0.3, -0.25) is 9.69 Å². The number of halogens is 1. The number of ketones is 1. The van der Waals surface area contributed by atoms with E-state index in [2.05, 4.69) is 37.8 Å². The molecule has 1 N–H and O–H groups in total. The summed E-state index contributed by atoms with van der Waals surface area (Å²) >= 11 is 0. The quantitative estimate of drug-likeness (QED) is 0.466. The van der Waals surface area contributed by atoms with E-state index >= 15 is 0 Å². The topological polar surface area (TPSA) is 60.9 Å². The smallest absolute Gasteiger partial charge is 0.407 e. The lowest BCUT2D eigenvalue weighted by molar-refractivity contribution is 0.0884. The zero-order valence-electron chi connectivity index (χ0n) is 22.5. The number of piperidine rings is 1. The van der Waals surface area contributed by atoms with Gasteiger partial charge in [-0.1, -0.05) is 63.3 Å². The van der Waals surface area contributed by atoms with Gasteiger partial charge >= 0.3 is 6.09 Å². The van der Waals surface area contributed by atoms with E-state index in [1.807, 2.05) is 30.3 Å². The van der Waals surface area contributed by atoms with Crippen molar-refractivity contribution >= 4 is 17.4 Å². The van der Waals surface area contributed by atoms with Crippen LogP contribution in [-0.2, 0) is 13.0 Å². The first-order chi connectivity index (χ1) is 18.1. The third-order valence-corrected chi connectivity index (χ3v) is 8.35. The Hall–Kier alpha value is -3.25. The highest BCUT2D eigenvalue weighted by Gasteiger charge is 2.36. The second-order valence-electron chi connectivity index (χ2n) is 12.1. The van der Waals surface area contributed by atoms with Gasteiger partial charge in [0.1, 0.15) is 5.82 Å². The summed E-state index contributed by atoms with van der Waals surface area (Å²) in [6.07, 6.45) is 6.71. The molecule has 6 heteroatoms. The lowest BCUT2D eigenvalue weighted by atomic mass is 9.79. The Kier molecular flexibility index (Phi) is 7.28. The molecule has 0 spiro atoms. The van der Waals surface area contributed by atoms with Crippen molar-refractivity contribution < 1.29 is 19.1 Å². The van der Waals surface area contributed by atoms with Gasteiger partial charge in [0.15, 0.2) is 5.78 Å². The van der Waals surface area contributed by atoms with Gasteiger partial charge in [0.25, 0.3) is 0 Å². The molecule has 1 unspecified atom stereocenters. The number of fused-ring (bicyclic) bond motifs is 1. The van der Waals surface area contributed by atoms with Crippen LogP contribution in [0.5, 0.6) is 0 Å². The molecule has 5 nitrogen and oxygen atoms in total. The minimum atomic E-state index is -0.879. The summed E-state index contributed by atoms with van der Waals surface area (Å²) in [7, 11) is 0. The van der Waals surface area contributed by atoms with Gasteiger partial charge in [-0.15, -0.1) is 0 Å². The van der Waals surface area contributed by atoms with Gasteiger partial charge in [0.05, 0.1) is 0 Å². The van der Waals surface area contributed by atoms with Crippen LogP contribution in [0.2, 0.25) is 0 Å². The molecule has 0 aromatic heterocycles. The number of Topliss-reactive ketones (excluding diaryl/α,β-unsaturated/α-hetero) is 1. The van der Waals surface area contributed by atoms with Crippen molar-refractivity contribution in [3.05, 3.63) is 88.3 Å². The van der Waals surface area contributed by atoms with Crippen LogP contribution in [0.15, 0.2) is 60.2 Å². The van der Waals surface area contributed by atoms with E-state index in [-0.39, 0.29) is 23.1 Å². The van der Waals surface area contributed by atoms with Crippen molar-refractivity contribution in [2.75, 3.05) is 19.6 Å². The molecule has 0 radical (unpaired) electrons. The van der Waals surface area contributed by atoms with Crippen molar-refractivity contribution in [2.24, 2.45) is 11.3 Å². The maximum Gasteiger partial charge on any atom is 0.407 e. The second-order valence-corrected chi connectivity index (χ2v) is 12.1. The molecule has 200 valence electrons. The largest absolute Gasteiger partial charge is 0.465 e. The highest BCUT2D eigenvalue weighted by molar-refractivity contribution is 6.13. The zero-order chi connectivity index (χ0) is 27.0. The normalized spacial score (nSPS) is 22.1. The van der Waals surface area contributed by atoms with Gasteiger partial charge in [-0.2, -0.15) is 0 Å². The minimum absolute atomic E-state index is 0.0979. The van der Waals surface area contributed by atoms with Crippen LogP contribution in [0, 0.1) is 17.2 Å². The van der Waals surface area contributed by atoms with Crippen molar-refractivity contribution in [1.82, 2.24) is 9.80 Å². The summed E-state index contributed by atoms with van der Waals surface area (Å²) in [4.78, 5) is 28.9. The number of carbonyl (C=O) groups excluding carboxylic acids is 1. The number of rotatable bonds is 4. The van der Waals surface area contributed by atoms with Crippen LogP contribution in [0.4, 0.5) is 9.18 Å². The zero-order valence-corrected chi connectivity index (χ0v) is 22.5. The number of amides is 1. The average molecular weight is 517 g/mol. The lowest BCUT2D eigenvalue weighted by Gasteiger charge is -2.41. The molecule has 2 heterocycles. The molecule has 5 rings (SSSR count). The van der Waals surface area contributed by atoms with Gasteiger partial charge in [0.2, 0.25) is 0 Å². The van der Waals surface area contributed by atoms with Crippen LogP contribution in [0.25, 0.3) is 5.57 Å². The first-order valence-electron chi connectivity index (χ1n) is 13.6. The first kappa shape index (κ1) is 26.4. The van der Waals surface area contributed by atoms with Crippen LogP contribution in [0.3, 0.4) is 0 Å². The number of hydrogen-bond acceptors (Lipinski definition) is 3. The highest BCUT2D eigenvalue weighted by atomic mass is 19.1. The Morgan fingerprint density at radius 2 is 1.82 bits per heavy atom. The summed E-state index contributed by atoms with van der Waals surface area (Å²) in [5.74, 6) is 0.327. The highest BCUT2D eigenvalue weighted by Crippen LogP contribution is 2.38. The Morgan fingerprint density at radius 3 is 2.47 bits per heavy atom. The van der Waals surface area contributed by atoms with E-state index in [1.165, 1.54) is 17.0 Å². The molecular weight excluding hydrogens is 479 g/mol. The molecule has 2 aromatic rings. The summed E-state index contributed by atoms with van der Waals surface area (Å²) in [5.41, 5.74) is 5.96. The van der Waals surface area contributed by atoms with Gasteiger partial charge in [-0.25, -0.2) is 9.18 Å². The van der Waals surface area contributed by atoms with Gasteiger partial charge in [-0.05, 0) is 78.1 Å². The second kappa shape index (κ2) is 10.5. The van der Waals surface area contributed by atoms with Crippen LogP contribution in [0.1, 0.15) is 67.1 Å². The van der Waals surface area contributed by atoms with E-state index in [0.29, 0.717) is 25.3 Å². The Bertz CT molecular complexity index is 1280. The predicted octanol–water partition coefficient (Wildman–Crippen LogP) is 6.58. The molecule has 2 aromatic carbocycles. The SMILES string of the molecule is CC(C)(C)C1CC(c2ccc3c(c2)CC(=CC2CCN(Cc4ccc(F)cc4)CC2)C3=O)=CCN1C(=O)O. The molecular formula is C32H37FN2O3. The molecule has 0 saturated carbocycles.